The Labute approximate surface area is 343 Å². The fourth-order valence-electron chi connectivity index (χ4n) is 11.2. The number of ether oxygens (including phenoxy) is 1. The molecule has 2 aromatic heterocycles. The highest BCUT2D eigenvalue weighted by molar-refractivity contribution is 5.86. The molecule has 4 unspecified atom stereocenters. The van der Waals surface area contributed by atoms with E-state index in [0.29, 0.717) is 6.54 Å². The SMILES string of the molecule is COC(=O)NC(C(=O)N1CCCC1c1ncc(-c2ccc(C34CCC(c5cnc(C6CCCN6C(=O)C(C(C)C)N6CCC(O)CC6)[nH]5)(CC3)CC4)cc2)[nH]1)C(C)C. The van der Waals surface area contributed by atoms with Crippen molar-refractivity contribution in [2.45, 2.75) is 146 Å². The predicted molar refractivity (Wildman–Crippen MR) is 221 cm³/mol. The van der Waals surface area contributed by atoms with Crippen LogP contribution in [-0.4, -0.2) is 109 Å². The van der Waals surface area contributed by atoms with Gasteiger partial charge in [0.05, 0.1) is 43.2 Å². The second kappa shape index (κ2) is 16.4. The van der Waals surface area contributed by atoms with Crippen molar-refractivity contribution in [1.82, 2.24) is 40.0 Å². The number of aromatic amines is 2. The van der Waals surface area contributed by atoms with Crippen molar-refractivity contribution in [3.05, 3.63) is 59.6 Å². The number of benzene rings is 1. The molecule has 3 aliphatic carbocycles. The number of nitrogens with one attached hydrogen (secondary N) is 3. The van der Waals surface area contributed by atoms with E-state index in [1.807, 2.05) is 24.9 Å². The molecule has 0 spiro atoms. The molecule has 3 aromatic rings. The number of aliphatic hydroxyl groups excluding tert-OH is 1. The summed E-state index contributed by atoms with van der Waals surface area (Å²) in [7, 11) is 1.31. The smallest absolute Gasteiger partial charge is 0.407 e. The number of imidazole rings is 2. The summed E-state index contributed by atoms with van der Waals surface area (Å²) in [6.45, 7) is 11.1. The molecule has 1 aromatic carbocycles. The number of carbonyl (C=O) groups excluding carboxylic acids is 3. The minimum atomic E-state index is -0.666. The Bertz CT molecular complexity index is 1910. The Morgan fingerprint density at radius 1 is 0.759 bits per heavy atom. The van der Waals surface area contributed by atoms with Gasteiger partial charge >= 0.3 is 6.09 Å². The molecule has 58 heavy (non-hydrogen) atoms. The number of H-pyrrole nitrogens is 2. The first kappa shape index (κ1) is 40.5. The normalized spacial score (nSPS) is 27.7. The van der Waals surface area contributed by atoms with E-state index < -0.39 is 12.1 Å². The zero-order valence-corrected chi connectivity index (χ0v) is 35.1. The number of carbonyl (C=O) groups is 3. The fourth-order valence-corrected chi connectivity index (χ4v) is 11.2. The highest BCUT2D eigenvalue weighted by Crippen LogP contribution is 2.58. The summed E-state index contributed by atoms with van der Waals surface area (Å²) in [5.41, 5.74) is 4.92. The predicted octanol–water partition coefficient (Wildman–Crippen LogP) is 6.53. The van der Waals surface area contributed by atoms with Gasteiger partial charge in [-0.1, -0.05) is 52.0 Å². The number of amides is 3. The van der Waals surface area contributed by atoms with E-state index in [9.17, 15) is 19.5 Å². The third-order valence-corrected chi connectivity index (χ3v) is 14.7. The molecule has 0 radical (unpaired) electrons. The third-order valence-electron chi connectivity index (χ3n) is 14.7. The molecule has 3 aliphatic heterocycles. The summed E-state index contributed by atoms with van der Waals surface area (Å²) in [6, 6.07) is 8.01. The molecule has 5 heterocycles. The maximum absolute atomic E-state index is 14.2. The number of hydrogen-bond acceptors (Lipinski definition) is 8. The average Bonchev–Trinajstić information content (AvgIpc) is 4.08. The summed E-state index contributed by atoms with van der Waals surface area (Å²) >= 11 is 0. The molecular formula is C45H64N8O5. The Hall–Kier alpha value is -4.23. The van der Waals surface area contributed by atoms with Crippen molar-refractivity contribution in [1.29, 1.82) is 0 Å². The first-order valence-corrected chi connectivity index (χ1v) is 22.0. The lowest BCUT2D eigenvalue weighted by molar-refractivity contribution is -0.141. The van der Waals surface area contributed by atoms with E-state index in [0.717, 1.165) is 120 Å². The van der Waals surface area contributed by atoms with Crippen LogP contribution in [0.25, 0.3) is 11.3 Å². The minimum Gasteiger partial charge on any atom is -0.453 e. The standard InChI is InChI=1S/C45H64N8O5/c1-28(2)37(50-43(57)58-5)41(55)52-22-6-8-34(52)39-46-26-33(48-39)30-10-12-31(13-11-30)44-16-19-45(20-17-44,21-18-44)36-27-47-40(49-36)35-9-7-23-53(35)42(56)38(29(3)4)51-24-14-32(54)15-25-51/h10-13,26-29,32,34-35,37-38,54H,6-9,14-25H2,1-5H3,(H,46,48)(H,47,49)(H,50,57). The van der Waals surface area contributed by atoms with Gasteiger partial charge in [0.15, 0.2) is 0 Å². The molecule has 2 bridgehead atoms. The molecular weight excluding hydrogens is 733 g/mol. The molecule has 13 nitrogen and oxygen atoms in total. The van der Waals surface area contributed by atoms with Crippen molar-refractivity contribution in [2.24, 2.45) is 11.8 Å². The second-order valence-corrected chi connectivity index (χ2v) is 18.7. The lowest BCUT2D eigenvalue weighted by Gasteiger charge is -2.53. The van der Waals surface area contributed by atoms with Crippen molar-refractivity contribution in [3.63, 3.8) is 0 Å². The topological polar surface area (TPSA) is 160 Å². The van der Waals surface area contributed by atoms with Crippen molar-refractivity contribution < 1.29 is 24.2 Å². The van der Waals surface area contributed by atoms with Crippen molar-refractivity contribution in [2.75, 3.05) is 33.3 Å². The summed E-state index contributed by atoms with van der Waals surface area (Å²) in [5, 5.41) is 12.8. The number of piperidine rings is 1. The van der Waals surface area contributed by atoms with Gasteiger partial charge < -0.3 is 34.9 Å². The largest absolute Gasteiger partial charge is 0.453 e. The molecule has 13 heteroatoms. The quantitative estimate of drug-likeness (QED) is 0.171. The number of alkyl carbamates (subject to hydrolysis) is 1. The Morgan fingerprint density at radius 2 is 1.33 bits per heavy atom. The molecule has 3 saturated carbocycles. The van der Waals surface area contributed by atoms with Crippen LogP contribution in [0.4, 0.5) is 4.79 Å². The number of rotatable bonds is 11. The van der Waals surface area contributed by atoms with Gasteiger partial charge in [0.25, 0.3) is 0 Å². The third kappa shape index (κ3) is 7.57. The summed E-state index contributed by atoms with van der Waals surface area (Å²) in [4.78, 5) is 63.1. The van der Waals surface area contributed by atoms with Gasteiger partial charge in [-0.2, -0.15) is 0 Å². The van der Waals surface area contributed by atoms with Crippen LogP contribution in [0.5, 0.6) is 0 Å². The summed E-state index contributed by atoms with van der Waals surface area (Å²) in [5.74, 6) is 1.92. The number of methoxy groups -OCH3 is 1. The van der Waals surface area contributed by atoms with Crippen LogP contribution in [0, 0.1) is 11.8 Å². The summed E-state index contributed by atoms with van der Waals surface area (Å²) in [6.07, 6.45) is 14.9. The van der Waals surface area contributed by atoms with Crippen LogP contribution in [-0.2, 0) is 25.2 Å². The highest BCUT2D eigenvalue weighted by atomic mass is 16.5. The molecule has 6 fully saturated rings. The van der Waals surface area contributed by atoms with Gasteiger partial charge in [-0.15, -0.1) is 0 Å². The number of aliphatic hydroxyl groups is 1. The maximum atomic E-state index is 14.2. The number of nitrogens with zero attached hydrogens (tertiary/aromatic N) is 5. The zero-order valence-electron chi connectivity index (χ0n) is 35.1. The lowest BCUT2D eigenvalue weighted by Crippen LogP contribution is -2.54. The van der Waals surface area contributed by atoms with Crippen LogP contribution < -0.4 is 5.32 Å². The van der Waals surface area contributed by atoms with Crippen LogP contribution in [0.2, 0.25) is 0 Å². The van der Waals surface area contributed by atoms with Crippen LogP contribution in [0.15, 0.2) is 36.7 Å². The van der Waals surface area contributed by atoms with Gasteiger partial charge in [0.1, 0.15) is 17.7 Å². The molecule has 9 rings (SSSR count). The fraction of sp³-hybridized carbons (Fsp3) is 0.667. The lowest BCUT2D eigenvalue weighted by atomic mass is 9.51. The molecule has 314 valence electrons. The number of aromatic nitrogens is 4. The van der Waals surface area contributed by atoms with Gasteiger partial charge in [-0.3, -0.25) is 14.5 Å². The van der Waals surface area contributed by atoms with Crippen molar-refractivity contribution >= 4 is 17.9 Å². The van der Waals surface area contributed by atoms with Crippen LogP contribution >= 0.6 is 0 Å². The highest BCUT2D eigenvalue weighted by Gasteiger charge is 2.51. The Balaban J connectivity index is 0.906. The van der Waals surface area contributed by atoms with Gasteiger partial charge in [-0.05, 0) is 105 Å². The Morgan fingerprint density at radius 3 is 1.91 bits per heavy atom. The van der Waals surface area contributed by atoms with Gasteiger partial charge in [0, 0.05) is 43.5 Å². The van der Waals surface area contributed by atoms with E-state index in [4.69, 9.17) is 14.7 Å². The summed E-state index contributed by atoms with van der Waals surface area (Å²) < 4.78 is 4.79. The van der Waals surface area contributed by atoms with E-state index in [-0.39, 0.29) is 58.7 Å². The number of fused-ring (bicyclic) bond motifs is 3. The Kier molecular flexibility index (Phi) is 11.5. The maximum Gasteiger partial charge on any atom is 0.407 e. The molecule has 4 atom stereocenters. The van der Waals surface area contributed by atoms with Gasteiger partial charge in [0.2, 0.25) is 11.8 Å². The first-order valence-electron chi connectivity index (χ1n) is 22.0. The van der Waals surface area contributed by atoms with E-state index >= 15 is 0 Å². The monoisotopic (exact) mass is 796 g/mol. The molecule has 3 amide bonds. The van der Waals surface area contributed by atoms with E-state index in [1.165, 1.54) is 18.4 Å². The molecule has 6 aliphatic rings. The van der Waals surface area contributed by atoms with Crippen LogP contribution in [0.3, 0.4) is 0 Å². The second-order valence-electron chi connectivity index (χ2n) is 18.7. The van der Waals surface area contributed by atoms with Crippen LogP contribution in [0.1, 0.15) is 140 Å². The minimum absolute atomic E-state index is 0.0165. The first-order chi connectivity index (χ1) is 27.9. The van der Waals surface area contributed by atoms with Gasteiger partial charge in [-0.25, -0.2) is 14.8 Å². The van der Waals surface area contributed by atoms with Crippen molar-refractivity contribution in [3.8, 4) is 11.3 Å². The molecule has 4 N–H and O–H groups in total. The number of hydrogen-bond donors (Lipinski definition) is 4. The zero-order chi connectivity index (χ0) is 40.8. The number of likely N-dealkylation sites (tertiary alicyclic amines) is 3. The van der Waals surface area contributed by atoms with E-state index in [2.05, 4.69) is 69.4 Å². The van der Waals surface area contributed by atoms with E-state index in [1.54, 1.807) is 0 Å². The average molecular weight is 797 g/mol. The molecule has 3 saturated heterocycles.